The molecule has 1 aromatic heterocycles. The molecule has 0 radical (unpaired) electrons. The van der Waals surface area contributed by atoms with E-state index in [9.17, 15) is 4.79 Å². The molecule has 0 bridgehead atoms. The average molecular weight is 424 g/mol. The number of H-pyrrole nitrogens is 1. The topological polar surface area (TPSA) is 66.6 Å². The molecule has 0 unspecified atom stereocenters. The van der Waals surface area contributed by atoms with Crippen molar-refractivity contribution >= 4 is 28.2 Å². The second kappa shape index (κ2) is 9.17. The number of aromatic nitrogens is 1. The quantitative estimate of drug-likeness (QED) is 0.443. The molecule has 2 heterocycles. The van der Waals surface area contributed by atoms with Crippen LogP contribution in [0.15, 0.2) is 53.3 Å². The van der Waals surface area contributed by atoms with Gasteiger partial charge in [0, 0.05) is 30.1 Å². The normalized spacial score (nSPS) is 12.2. The highest BCUT2D eigenvalue weighted by molar-refractivity contribution is 7.80. The highest BCUT2D eigenvalue weighted by Crippen LogP contribution is 2.35. The Kier molecular flexibility index (Phi) is 6.18. The van der Waals surface area contributed by atoms with Crippen molar-refractivity contribution in [2.24, 2.45) is 0 Å². The Morgan fingerprint density at radius 1 is 1.13 bits per heavy atom. The average Bonchev–Trinajstić information content (AvgIpc) is 3.20. The van der Waals surface area contributed by atoms with Crippen LogP contribution in [-0.4, -0.2) is 28.3 Å². The van der Waals surface area contributed by atoms with Gasteiger partial charge in [0.15, 0.2) is 16.6 Å². The first kappa shape index (κ1) is 20.2. The number of aromatic amines is 1. The van der Waals surface area contributed by atoms with Gasteiger partial charge in [-0.15, -0.1) is 0 Å². The van der Waals surface area contributed by atoms with E-state index >= 15 is 0 Å². The van der Waals surface area contributed by atoms with Crippen LogP contribution >= 0.6 is 12.2 Å². The van der Waals surface area contributed by atoms with Gasteiger partial charge in [0.2, 0.25) is 6.79 Å². The summed E-state index contributed by atoms with van der Waals surface area (Å²) in [6.07, 6.45) is 2.14. The van der Waals surface area contributed by atoms with Crippen LogP contribution < -0.4 is 20.3 Å². The minimum absolute atomic E-state index is 0.129. The molecule has 0 saturated heterocycles. The van der Waals surface area contributed by atoms with E-state index in [1.54, 1.807) is 0 Å². The molecule has 30 heavy (non-hydrogen) atoms. The summed E-state index contributed by atoms with van der Waals surface area (Å²) in [5, 5.41) is 4.88. The third kappa shape index (κ3) is 4.57. The number of pyridine rings is 1. The lowest BCUT2D eigenvalue weighted by atomic mass is 10.1. The first-order valence-corrected chi connectivity index (χ1v) is 10.6. The molecule has 0 spiro atoms. The van der Waals surface area contributed by atoms with Crippen molar-refractivity contribution in [1.29, 1.82) is 0 Å². The fraction of sp³-hybridized carbons (Fsp3) is 0.304. The molecule has 2 aromatic carbocycles. The van der Waals surface area contributed by atoms with Gasteiger partial charge in [0.25, 0.3) is 5.56 Å². The summed E-state index contributed by atoms with van der Waals surface area (Å²) in [4.78, 5) is 17.8. The van der Waals surface area contributed by atoms with Crippen molar-refractivity contribution in [3.63, 3.8) is 0 Å². The predicted octanol–water partition coefficient (Wildman–Crippen LogP) is 3.93. The molecule has 1 aliphatic heterocycles. The zero-order valence-electron chi connectivity index (χ0n) is 16.9. The van der Waals surface area contributed by atoms with E-state index in [0.717, 1.165) is 35.9 Å². The smallest absolute Gasteiger partial charge is 0.253 e. The van der Waals surface area contributed by atoms with Crippen LogP contribution in [0.2, 0.25) is 0 Å². The van der Waals surface area contributed by atoms with E-state index in [2.05, 4.69) is 29.4 Å². The molecule has 6 nitrogen and oxygen atoms in total. The lowest BCUT2D eigenvalue weighted by Gasteiger charge is -2.26. The van der Waals surface area contributed by atoms with Gasteiger partial charge in [-0.3, -0.25) is 4.79 Å². The molecule has 4 rings (SSSR count). The summed E-state index contributed by atoms with van der Waals surface area (Å²) in [6, 6.07) is 15.7. The summed E-state index contributed by atoms with van der Waals surface area (Å²) in [5.41, 5.74) is 2.39. The van der Waals surface area contributed by atoms with E-state index in [1.165, 1.54) is 0 Å². The highest BCUT2D eigenvalue weighted by Gasteiger charge is 2.17. The van der Waals surface area contributed by atoms with Gasteiger partial charge >= 0.3 is 0 Å². The van der Waals surface area contributed by atoms with E-state index in [-0.39, 0.29) is 12.4 Å². The van der Waals surface area contributed by atoms with Crippen LogP contribution in [0.1, 0.15) is 30.9 Å². The predicted molar refractivity (Wildman–Crippen MR) is 122 cm³/mol. The van der Waals surface area contributed by atoms with Crippen LogP contribution in [-0.2, 0) is 13.1 Å². The third-order valence-electron chi connectivity index (χ3n) is 5.09. The van der Waals surface area contributed by atoms with Gasteiger partial charge in [-0.2, -0.15) is 0 Å². The Morgan fingerprint density at radius 3 is 2.67 bits per heavy atom. The number of unbranched alkanes of at least 4 members (excludes halogenated alkanes) is 1. The number of fused-ring (bicyclic) bond motifs is 2. The fourth-order valence-corrected chi connectivity index (χ4v) is 3.68. The maximum absolute atomic E-state index is 12.8. The zero-order valence-corrected chi connectivity index (χ0v) is 17.8. The highest BCUT2D eigenvalue weighted by atomic mass is 32.1. The number of nitrogens with zero attached hydrogens (tertiary/aromatic N) is 1. The van der Waals surface area contributed by atoms with Crippen molar-refractivity contribution in [1.82, 2.24) is 15.2 Å². The Balaban J connectivity index is 1.61. The number of hydrogen-bond donors (Lipinski definition) is 2. The van der Waals surface area contributed by atoms with E-state index in [1.807, 2.05) is 41.3 Å². The van der Waals surface area contributed by atoms with E-state index in [0.29, 0.717) is 35.3 Å². The first-order chi connectivity index (χ1) is 14.6. The summed E-state index contributed by atoms with van der Waals surface area (Å²) in [5.74, 6) is 1.34. The number of ether oxygens (including phenoxy) is 2. The lowest BCUT2D eigenvalue weighted by Crippen LogP contribution is -2.40. The van der Waals surface area contributed by atoms with Gasteiger partial charge in [0.1, 0.15) is 0 Å². The maximum atomic E-state index is 12.8. The minimum atomic E-state index is -0.129. The van der Waals surface area contributed by atoms with Crippen molar-refractivity contribution in [2.75, 3.05) is 13.3 Å². The van der Waals surface area contributed by atoms with Gasteiger partial charge in [-0.1, -0.05) is 43.7 Å². The standard InChI is InChI=1S/C23H25N3O3S/c1-2-3-9-24-23(30)26(13-16-7-5-4-6-8-16)14-18-10-17-11-20-21(29-15-28-20)12-19(17)25-22(18)27/h4-8,10-12H,2-3,9,13-15H2,1H3,(H,24,30)(H,25,27). The number of rotatable bonds is 7. The van der Waals surface area contributed by atoms with Crippen LogP contribution in [0.3, 0.4) is 0 Å². The van der Waals surface area contributed by atoms with Crippen LogP contribution in [0, 0.1) is 0 Å². The van der Waals surface area contributed by atoms with Crippen molar-refractivity contribution in [2.45, 2.75) is 32.9 Å². The van der Waals surface area contributed by atoms with Crippen molar-refractivity contribution in [3.05, 3.63) is 70.0 Å². The molecule has 2 N–H and O–H groups in total. The fourth-order valence-electron chi connectivity index (χ4n) is 3.45. The molecule has 0 saturated carbocycles. The van der Waals surface area contributed by atoms with Crippen LogP contribution in [0.4, 0.5) is 0 Å². The van der Waals surface area contributed by atoms with Gasteiger partial charge in [-0.25, -0.2) is 0 Å². The van der Waals surface area contributed by atoms with Crippen molar-refractivity contribution in [3.8, 4) is 11.5 Å². The van der Waals surface area contributed by atoms with Crippen LogP contribution in [0.25, 0.3) is 10.9 Å². The third-order valence-corrected chi connectivity index (χ3v) is 5.49. The van der Waals surface area contributed by atoms with Crippen molar-refractivity contribution < 1.29 is 9.47 Å². The number of hydrogen-bond acceptors (Lipinski definition) is 4. The van der Waals surface area contributed by atoms with Gasteiger partial charge in [0.05, 0.1) is 12.1 Å². The second-order valence-electron chi connectivity index (χ2n) is 7.34. The molecule has 1 aliphatic rings. The summed E-state index contributed by atoms with van der Waals surface area (Å²) in [7, 11) is 0. The monoisotopic (exact) mass is 423 g/mol. The molecular weight excluding hydrogens is 398 g/mol. The number of thiocarbonyl (C=S) groups is 1. The molecular formula is C23H25N3O3S. The summed E-state index contributed by atoms with van der Waals surface area (Å²) in [6.45, 7) is 4.19. The number of nitrogens with one attached hydrogen (secondary N) is 2. The Hall–Kier alpha value is -3.06. The largest absolute Gasteiger partial charge is 0.454 e. The first-order valence-electron chi connectivity index (χ1n) is 10.2. The molecule has 0 atom stereocenters. The van der Waals surface area contributed by atoms with Gasteiger partial charge in [-0.05, 0) is 36.3 Å². The molecule has 156 valence electrons. The van der Waals surface area contributed by atoms with Gasteiger partial charge < -0.3 is 24.7 Å². The molecule has 0 aliphatic carbocycles. The Bertz CT molecular complexity index is 1100. The lowest BCUT2D eigenvalue weighted by molar-refractivity contribution is 0.174. The summed E-state index contributed by atoms with van der Waals surface area (Å²) < 4.78 is 10.9. The minimum Gasteiger partial charge on any atom is -0.454 e. The van der Waals surface area contributed by atoms with Crippen LogP contribution in [0.5, 0.6) is 11.5 Å². The molecule has 0 amide bonds. The summed E-state index contributed by atoms with van der Waals surface area (Å²) >= 11 is 5.66. The van der Waals surface area contributed by atoms with E-state index in [4.69, 9.17) is 21.7 Å². The Morgan fingerprint density at radius 2 is 1.90 bits per heavy atom. The van der Waals surface area contributed by atoms with E-state index < -0.39 is 0 Å². The molecule has 7 heteroatoms. The zero-order chi connectivity index (χ0) is 20.9. The Labute approximate surface area is 180 Å². The SMILES string of the molecule is CCCCNC(=S)N(Cc1ccccc1)Cc1cc2cc3c(cc2[nH]c1=O)OCO3. The maximum Gasteiger partial charge on any atom is 0.253 e. The molecule has 3 aromatic rings. The second-order valence-corrected chi connectivity index (χ2v) is 7.73. The number of benzene rings is 2. The molecule has 0 fully saturated rings.